The molecule has 5 rings (SSSR count). The van der Waals surface area contributed by atoms with Gasteiger partial charge in [-0.15, -0.1) is 0 Å². The predicted octanol–water partition coefficient (Wildman–Crippen LogP) is 4.98. The zero-order valence-corrected chi connectivity index (χ0v) is 18.6. The molecule has 1 saturated carbocycles. The van der Waals surface area contributed by atoms with Gasteiger partial charge in [0, 0.05) is 24.4 Å². The van der Waals surface area contributed by atoms with Gasteiger partial charge in [-0.05, 0) is 42.0 Å². The Labute approximate surface area is 185 Å². The molecule has 30 heavy (non-hydrogen) atoms. The molecule has 3 aromatic rings. The molecule has 1 fully saturated rings. The van der Waals surface area contributed by atoms with E-state index in [1.54, 1.807) is 24.5 Å². The van der Waals surface area contributed by atoms with Crippen molar-refractivity contribution >= 4 is 40.1 Å². The van der Waals surface area contributed by atoms with Crippen molar-refractivity contribution in [2.75, 3.05) is 0 Å². The van der Waals surface area contributed by atoms with E-state index < -0.39 is 5.41 Å². The summed E-state index contributed by atoms with van der Waals surface area (Å²) in [6.45, 7) is 6.96. The average molecular weight is 441 g/mol. The van der Waals surface area contributed by atoms with Gasteiger partial charge in [-0.1, -0.05) is 50.0 Å². The number of halogens is 2. The fourth-order valence-electron chi connectivity index (χ4n) is 5.44. The maximum Gasteiger partial charge on any atom is 0.233 e. The van der Waals surface area contributed by atoms with Gasteiger partial charge in [-0.3, -0.25) is 9.78 Å². The van der Waals surface area contributed by atoms with Crippen LogP contribution in [-0.4, -0.2) is 20.9 Å². The van der Waals surface area contributed by atoms with Gasteiger partial charge in [0.2, 0.25) is 5.91 Å². The zero-order valence-electron chi connectivity index (χ0n) is 17.1. The second-order valence-electron chi connectivity index (χ2n) is 9.08. The first kappa shape index (κ1) is 19.7. The van der Waals surface area contributed by atoms with Gasteiger partial charge >= 0.3 is 0 Å². The Morgan fingerprint density at radius 2 is 1.73 bits per heavy atom. The maximum absolute atomic E-state index is 13.7. The number of fused-ring (bicyclic) bond motifs is 6. The molecule has 1 aromatic carbocycles. The average Bonchev–Trinajstić information content (AvgIpc) is 3.02. The van der Waals surface area contributed by atoms with E-state index in [2.05, 4.69) is 31.1 Å². The molecule has 0 radical (unpaired) electrons. The normalized spacial score (nSPS) is 26.0. The van der Waals surface area contributed by atoms with Gasteiger partial charge in [-0.2, -0.15) is 0 Å². The highest BCUT2D eigenvalue weighted by molar-refractivity contribution is 6.42. The van der Waals surface area contributed by atoms with Crippen LogP contribution in [0.3, 0.4) is 0 Å². The van der Waals surface area contributed by atoms with E-state index in [0.717, 1.165) is 29.8 Å². The molecule has 2 aromatic heterocycles. The second kappa shape index (κ2) is 6.38. The molecule has 2 heterocycles. The van der Waals surface area contributed by atoms with Crippen LogP contribution in [0, 0.1) is 5.41 Å². The first-order chi connectivity index (χ1) is 14.2. The number of carbonyl (C=O) groups excluding carboxylic acids is 1. The van der Waals surface area contributed by atoms with Crippen LogP contribution in [0.25, 0.3) is 11.0 Å². The van der Waals surface area contributed by atoms with Crippen LogP contribution < -0.4 is 5.32 Å². The van der Waals surface area contributed by atoms with Crippen molar-refractivity contribution in [2.45, 2.75) is 51.0 Å². The number of hydrogen-bond donors (Lipinski definition) is 1. The molecule has 2 aliphatic carbocycles. The quantitative estimate of drug-likeness (QED) is 0.623. The van der Waals surface area contributed by atoms with Crippen molar-refractivity contribution in [1.29, 1.82) is 0 Å². The Kier molecular flexibility index (Phi) is 4.19. The fraction of sp³-hybridized carbons (Fsp3) is 0.391. The van der Waals surface area contributed by atoms with E-state index in [-0.39, 0.29) is 16.7 Å². The monoisotopic (exact) mass is 440 g/mol. The van der Waals surface area contributed by atoms with E-state index in [1.807, 2.05) is 12.1 Å². The minimum atomic E-state index is -0.743. The molecule has 1 amide bonds. The van der Waals surface area contributed by atoms with Gasteiger partial charge in [0.1, 0.15) is 0 Å². The molecule has 7 heteroatoms. The van der Waals surface area contributed by atoms with Gasteiger partial charge < -0.3 is 5.32 Å². The standard InChI is InChI=1S/C23H22Cl2N4O/c1-21(2)22(3)6-7-23(21,20(30)27-12-13-5-4-8-26-11-13)19-18(22)28-16-9-14(24)15(25)10-17(16)29-19/h4-5,8-11H,6-7,12H2,1-3H3,(H,27,30). The van der Waals surface area contributed by atoms with Crippen LogP contribution in [0.1, 0.15) is 50.6 Å². The first-order valence-electron chi connectivity index (χ1n) is 10.1. The number of nitrogens with zero attached hydrogens (tertiary/aromatic N) is 3. The van der Waals surface area contributed by atoms with Crippen molar-refractivity contribution in [1.82, 2.24) is 20.3 Å². The Morgan fingerprint density at radius 3 is 2.37 bits per heavy atom. The molecular weight excluding hydrogens is 419 g/mol. The highest BCUT2D eigenvalue weighted by atomic mass is 35.5. The van der Waals surface area contributed by atoms with Crippen molar-refractivity contribution in [2.24, 2.45) is 5.41 Å². The smallest absolute Gasteiger partial charge is 0.233 e. The fourth-order valence-corrected chi connectivity index (χ4v) is 5.75. The Balaban J connectivity index is 1.64. The van der Waals surface area contributed by atoms with Gasteiger partial charge in [0.25, 0.3) is 0 Å². The second-order valence-corrected chi connectivity index (χ2v) is 9.90. The largest absolute Gasteiger partial charge is 0.351 e. The summed E-state index contributed by atoms with van der Waals surface area (Å²) in [5.74, 6) is -0.00691. The summed E-state index contributed by atoms with van der Waals surface area (Å²) in [5.41, 5.74) is 2.68. The van der Waals surface area contributed by atoms with Crippen LogP contribution in [0.5, 0.6) is 0 Å². The lowest BCUT2D eigenvalue weighted by Crippen LogP contribution is -2.51. The van der Waals surface area contributed by atoms with Crippen LogP contribution in [0.2, 0.25) is 10.0 Å². The van der Waals surface area contributed by atoms with E-state index in [1.165, 1.54) is 0 Å². The molecular formula is C23H22Cl2N4O. The Morgan fingerprint density at radius 1 is 1.07 bits per heavy atom. The summed E-state index contributed by atoms with van der Waals surface area (Å²) in [4.78, 5) is 27.8. The van der Waals surface area contributed by atoms with Crippen LogP contribution >= 0.6 is 23.2 Å². The van der Waals surface area contributed by atoms with Crippen molar-refractivity contribution in [3.05, 3.63) is 63.7 Å². The molecule has 154 valence electrons. The van der Waals surface area contributed by atoms with Gasteiger partial charge in [0.15, 0.2) is 0 Å². The summed E-state index contributed by atoms with van der Waals surface area (Å²) in [6.07, 6.45) is 5.11. The Hall–Kier alpha value is -2.24. The van der Waals surface area contributed by atoms with Crippen molar-refractivity contribution < 1.29 is 4.79 Å². The molecule has 0 spiro atoms. The van der Waals surface area contributed by atoms with Crippen molar-refractivity contribution in [3.63, 3.8) is 0 Å². The molecule has 2 unspecified atom stereocenters. The van der Waals surface area contributed by atoms with E-state index in [0.29, 0.717) is 27.6 Å². The number of benzene rings is 1. The third-order valence-corrected chi connectivity index (χ3v) is 8.37. The summed E-state index contributed by atoms with van der Waals surface area (Å²) in [6, 6.07) is 7.31. The molecule has 2 aliphatic rings. The summed E-state index contributed by atoms with van der Waals surface area (Å²) < 4.78 is 0. The third-order valence-electron chi connectivity index (χ3n) is 7.64. The zero-order chi connectivity index (χ0) is 21.3. The van der Waals surface area contributed by atoms with Gasteiger partial charge in [-0.25, -0.2) is 9.97 Å². The topological polar surface area (TPSA) is 67.8 Å². The lowest BCUT2D eigenvalue weighted by atomic mass is 9.63. The third kappa shape index (κ3) is 2.36. The molecule has 5 nitrogen and oxygen atoms in total. The molecule has 0 saturated heterocycles. The molecule has 0 aliphatic heterocycles. The lowest BCUT2D eigenvalue weighted by Gasteiger charge is -2.39. The SMILES string of the molecule is CC12CCC(C(=O)NCc3cccnc3)(c3nc4cc(Cl)c(Cl)cc4nc31)C2(C)C. The van der Waals surface area contributed by atoms with Crippen LogP contribution in [0.15, 0.2) is 36.7 Å². The molecule has 1 N–H and O–H groups in total. The maximum atomic E-state index is 13.7. The predicted molar refractivity (Wildman–Crippen MR) is 118 cm³/mol. The van der Waals surface area contributed by atoms with Gasteiger partial charge in [0.05, 0.1) is 37.9 Å². The molecule has 2 bridgehead atoms. The number of rotatable bonds is 3. The summed E-state index contributed by atoms with van der Waals surface area (Å²) >= 11 is 12.4. The van der Waals surface area contributed by atoms with Crippen LogP contribution in [-0.2, 0) is 22.2 Å². The first-order valence-corrected chi connectivity index (χ1v) is 10.8. The van der Waals surface area contributed by atoms with Crippen molar-refractivity contribution in [3.8, 4) is 0 Å². The van der Waals surface area contributed by atoms with E-state index >= 15 is 0 Å². The number of carbonyl (C=O) groups is 1. The summed E-state index contributed by atoms with van der Waals surface area (Å²) in [7, 11) is 0. The van der Waals surface area contributed by atoms with E-state index in [4.69, 9.17) is 33.2 Å². The lowest BCUT2D eigenvalue weighted by molar-refractivity contribution is -0.130. The minimum absolute atomic E-state index is 0.00691. The number of pyridine rings is 1. The highest BCUT2D eigenvalue weighted by Gasteiger charge is 2.73. The number of aromatic nitrogens is 3. The number of nitrogens with one attached hydrogen (secondary N) is 1. The Bertz CT molecular complexity index is 1200. The minimum Gasteiger partial charge on any atom is -0.351 e. The number of hydrogen-bond acceptors (Lipinski definition) is 4. The highest BCUT2D eigenvalue weighted by Crippen LogP contribution is 2.70. The van der Waals surface area contributed by atoms with Crippen LogP contribution in [0.4, 0.5) is 0 Å². The number of amides is 1. The van der Waals surface area contributed by atoms with E-state index in [9.17, 15) is 4.79 Å². The summed E-state index contributed by atoms with van der Waals surface area (Å²) in [5, 5.41) is 4.03. The molecule has 2 atom stereocenters.